The molecule has 1 aromatic carbocycles. The van der Waals surface area contributed by atoms with Gasteiger partial charge in [0.05, 0.1) is 6.61 Å². The first kappa shape index (κ1) is 11.5. The molecule has 0 aromatic heterocycles. The van der Waals surface area contributed by atoms with Crippen LogP contribution in [0.2, 0.25) is 0 Å². The van der Waals surface area contributed by atoms with Crippen LogP contribution in [0.4, 0.5) is 4.39 Å². The zero-order valence-electron chi connectivity index (χ0n) is 7.64. The molecule has 0 saturated carbocycles. The molecule has 0 amide bonds. The van der Waals surface area contributed by atoms with Crippen LogP contribution in [0.3, 0.4) is 0 Å². The Morgan fingerprint density at radius 2 is 1.80 bits per heavy atom. The summed E-state index contributed by atoms with van der Waals surface area (Å²) in [5.74, 6) is -0.288. The largest absolute Gasteiger partial charge is 0.364 e. The highest BCUT2D eigenvalue weighted by atomic mass is 35.6. The molecule has 1 aliphatic rings. The fraction of sp³-hybridized carbons (Fsp3) is 0.400. The van der Waals surface area contributed by atoms with Crippen LogP contribution in [0.15, 0.2) is 24.3 Å². The Labute approximate surface area is 102 Å². The molecule has 0 N–H and O–H groups in total. The van der Waals surface area contributed by atoms with Gasteiger partial charge in [-0.2, -0.15) is 0 Å². The average Bonchev–Trinajstić information content (AvgIpc) is 2.83. The van der Waals surface area contributed by atoms with Crippen LogP contribution in [-0.4, -0.2) is 10.4 Å². The molecule has 1 heterocycles. The minimum absolute atomic E-state index is 0.274. The maximum Gasteiger partial charge on any atom is 0.193 e. The lowest BCUT2D eigenvalue weighted by Crippen LogP contribution is -2.18. The molecule has 1 saturated heterocycles. The van der Waals surface area contributed by atoms with Gasteiger partial charge in [0.1, 0.15) is 11.4 Å². The number of epoxide rings is 1. The maximum absolute atomic E-state index is 12.7. The predicted octanol–water partition coefficient (Wildman–Crippen LogP) is 3.81. The Hall–Kier alpha value is -0.0200. The van der Waals surface area contributed by atoms with E-state index in [0.29, 0.717) is 6.61 Å². The Balaban J connectivity index is 2.20. The topological polar surface area (TPSA) is 12.5 Å². The van der Waals surface area contributed by atoms with Crippen molar-refractivity contribution in [2.75, 3.05) is 6.61 Å². The highest BCUT2D eigenvalue weighted by Crippen LogP contribution is 2.49. The van der Waals surface area contributed by atoms with E-state index < -0.39 is 9.39 Å². The minimum Gasteiger partial charge on any atom is -0.364 e. The number of halogens is 4. The van der Waals surface area contributed by atoms with Gasteiger partial charge in [0.25, 0.3) is 0 Å². The van der Waals surface area contributed by atoms with Crippen LogP contribution in [0.25, 0.3) is 0 Å². The van der Waals surface area contributed by atoms with Crippen LogP contribution in [-0.2, 0) is 10.3 Å². The molecule has 15 heavy (non-hydrogen) atoms. The van der Waals surface area contributed by atoms with Crippen molar-refractivity contribution >= 4 is 34.8 Å². The van der Waals surface area contributed by atoms with Crippen molar-refractivity contribution in [3.63, 3.8) is 0 Å². The first-order chi connectivity index (χ1) is 6.91. The highest BCUT2D eigenvalue weighted by molar-refractivity contribution is 6.67. The lowest BCUT2D eigenvalue weighted by molar-refractivity contribution is 0.294. The van der Waals surface area contributed by atoms with E-state index in [2.05, 4.69) is 0 Å². The van der Waals surface area contributed by atoms with Crippen molar-refractivity contribution in [3.05, 3.63) is 35.6 Å². The van der Waals surface area contributed by atoms with Gasteiger partial charge in [-0.05, 0) is 17.7 Å². The summed E-state index contributed by atoms with van der Waals surface area (Å²) >= 11 is 17.1. The molecule has 5 heteroatoms. The molecule has 82 valence electrons. The Kier molecular flexibility index (Phi) is 2.89. The van der Waals surface area contributed by atoms with Gasteiger partial charge in [0.2, 0.25) is 0 Å². The van der Waals surface area contributed by atoms with E-state index in [1.54, 1.807) is 12.1 Å². The van der Waals surface area contributed by atoms with Crippen molar-refractivity contribution in [2.45, 2.75) is 15.8 Å². The third kappa shape index (κ3) is 2.76. The summed E-state index contributed by atoms with van der Waals surface area (Å²) in [7, 11) is 0. The molecule has 2 rings (SSSR count). The number of ether oxygens (including phenoxy) is 1. The molecule has 0 spiro atoms. The van der Waals surface area contributed by atoms with Gasteiger partial charge < -0.3 is 4.74 Å². The number of alkyl halides is 3. The van der Waals surface area contributed by atoms with Crippen LogP contribution < -0.4 is 0 Å². The summed E-state index contributed by atoms with van der Waals surface area (Å²) in [5, 5.41) is 0. The van der Waals surface area contributed by atoms with Crippen LogP contribution >= 0.6 is 34.8 Å². The van der Waals surface area contributed by atoms with Gasteiger partial charge in [-0.15, -0.1) is 0 Å². The molecule has 1 aromatic rings. The summed E-state index contributed by atoms with van der Waals surface area (Å²) in [6, 6.07) is 6.05. The van der Waals surface area contributed by atoms with Crippen LogP contribution in [0.1, 0.15) is 12.0 Å². The molecular formula is C10H8Cl3FO. The molecule has 1 unspecified atom stereocenters. The second-order valence-electron chi connectivity index (χ2n) is 3.58. The van der Waals surface area contributed by atoms with Gasteiger partial charge >= 0.3 is 0 Å². The maximum atomic E-state index is 12.7. The van der Waals surface area contributed by atoms with Crippen LogP contribution in [0.5, 0.6) is 0 Å². The van der Waals surface area contributed by atoms with Crippen molar-refractivity contribution in [3.8, 4) is 0 Å². The summed E-state index contributed by atoms with van der Waals surface area (Å²) in [5.41, 5.74) is 0.300. The second-order valence-corrected chi connectivity index (χ2v) is 6.10. The fourth-order valence-electron chi connectivity index (χ4n) is 1.54. The summed E-state index contributed by atoms with van der Waals surface area (Å²) < 4.78 is 16.7. The summed E-state index contributed by atoms with van der Waals surface area (Å²) in [6.45, 7) is 0.506. The number of rotatable bonds is 2. The summed E-state index contributed by atoms with van der Waals surface area (Å²) in [4.78, 5) is 0. The van der Waals surface area contributed by atoms with Crippen molar-refractivity contribution < 1.29 is 9.13 Å². The van der Waals surface area contributed by atoms with E-state index >= 15 is 0 Å². The van der Waals surface area contributed by atoms with Gasteiger partial charge in [-0.1, -0.05) is 46.9 Å². The summed E-state index contributed by atoms with van der Waals surface area (Å²) in [6.07, 6.45) is 0.274. The molecule has 1 fully saturated rings. The van der Waals surface area contributed by atoms with E-state index in [4.69, 9.17) is 39.5 Å². The Morgan fingerprint density at radius 3 is 2.20 bits per heavy atom. The normalized spacial score (nSPS) is 25.3. The molecular weight excluding hydrogens is 261 g/mol. The van der Waals surface area contributed by atoms with Gasteiger partial charge in [-0.3, -0.25) is 0 Å². The minimum atomic E-state index is -1.36. The lowest BCUT2D eigenvalue weighted by Gasteiger charge is -2.17. The van der Waals surface area contributed by atoms with Crippen molar-refractivity contribution in [1.82, 2.24) is 0 Å². The molecule has 0 radical (unpaired) electrons. The molecule has 1 nitrogen and oxygen atoms in total. The third-order valence-electron chi connectivity index (χ3n) is 2.35. The third-order valence-corrected chi connectivity index (χ3v) is 2.75. The molecule has 1 aliphatic heterocycles. The zero-order chi connectivity index (χ0) is 11.1. The van der Waals surface area contributed by atoms with Gasteiger partial charge in [-0.25, -0.2) is 4.39 Å². The van der Waals surface area contributed by atoms with E-state index in [9.17, 15) is 4.39 Å². The zero-order valence-corrected chi connectivity index (χ0v) is 9.91. The van der Waals surface area contributed by atoms with Crippen molar-refractivity contribution in [1.29, 1.82) is 0 Å². The average molecular weight is 270 g/mol. The number of hydrogen-bond donors (Lipinski definition) is 0. The van der Waals surface area contributed by atoms with Gasteiger partial charge in [0, 0.05) is 6.42 Å². The van der Waals surface area contributed by atoms with E-state index in [1.807, 2.05) is 0 Å². The highest BCUT2D eigenvalue weighted by Gasteiger charge is 2.51. The van der Waals surface area contributed by atoms with Crippen LogP contribution in [0, 0.1) is 5.82 Å². The first-order valence-corrected chi connectivity index (χ1v) is 5.51. The van der Waals surface area contributed by atoms with E-state index in [-0.39, 0.29) is 12.2 Å². The monoisotopic (exact) mass is 268 g/mol. The smallest absolute Gasteiger partial charge is 0.193 e. The quantitative estimate of drug-likeness (QED) is 0.587. The van der Waals surface area contributed by atoms with Gasteiger partial charge in [0.15, 0.2) is 3.79 Å². The SMILES string of the molecule is Fc1ccc(C2(CC(Cl)(Cl)Cl)CO2)cc1. The van der Waals surface area contributed by atoms with E-state index in [0.717, 1.165) is 5.56 Å². The number of benzene rings is 1. The standard InChI is InChI=1S/C10H8Cl3FO/c11-10(12,13)5-9(6-15-9)7-1-3-8(14)4-2-7/h1-4H,5-6H2. The second kappa shape index (κ2) is 3.77. The predicted molar refractivity (Wildman–Crippen MR) is 58.9 cm³/mol. The molecule has 0 bridgehead atoms. The molecule has 1 atom stereocenters. The first-order valence-electron chi connectivity index (χ1n) is 4.38. The van der Waals surface area contributed by atoms with Crippen molar-refractivity contribution in [2.24, 2.45) is 0 Å². The van der Waals surface area contributed by atoms with E-state index in [1.165, 1.54) is 12.1 Å². The lowest BCUT2D eigenvalue weighted by atomic mass is 9.97. The fourth-order valence-corrected chi connectivity index (χ4v) is 2.18. The molecule has 0 aliphatic carbocycles. The Bertz CT molecular complexity index is 354. The Morgan fingerprint density at radius 1 is 1.27 bits per heavy atom. The number of hydrogen-bond acceptors (Lipinski definition) is 1.